The van der Waals surface area contributed by atoms with Crippen molar-refractivity contribution in [2.75, 3.05) is 43.5 Å². The zero-order valence-electron chi connectivity index (χ0n) is 25.8. The molecule has 2 amide bonds. The number of aliphatic hydroxyl groups excluding tert-OH is 1. The van der Waals surface area contributed by atoms with Crippen molar-refractivity contribution in [2.24, 2.45) is 5.92 Å². The molecule has 13 nitrogen and oxygen atoms in total. The van der Waals surface area contributed by atoms with Gasteiger partial charge in [-0.1, -0.05) is 25.4 Å². The van der Waals surface area contributed by atoms with Crippen LogP contribution in [0.4, 0.5) is 22.2 Å². The van der Waals surface area contributed by atoms with Crippen molar-refractivity contribution in [1.82, 2.24) is 30.2 Å². The number of hydrogen-bond donors (Lipinski definition) is 5. The Morgan fingerprint density at radius 2 is 1.77 bits per heavy atom. The predicted octanol–water partition coefficient (Wildman–Crippen LogP) is 4.50. The minimum absolute atomic E-state index is 0.0676. The number of carbonyl (C=O) groups is 2. The Labute approximate surface area is 257 Å². The number of aliphatic hydroxyl groups is 1. The first-order chi connectivity index (χ1) is 20.3. The van der Waals surface area contributed by atoms with E-state index in [1.54, 1.807) is 45.3 Å². The van der Waals surface area contributed by atoms with Crippen LogP contribution in [0.25, 0.3) is 11.2 Å². The van der Waals surface area contributed by atoms with E-state index in [0.717, 1.165) is 0 Å². The fourth-order valence-electron chi connectivity index (χ4n) is 3.92. The van der Waals surface area contributed by atoms with Gasteiger partial charge in [0.25, 0.3) is 5.91 Å². The van der Waals surface area contributed by atoms with Gasteiger partial charge in [-0.3, -0.25) is 4.79 Å². The fourth-order valence-corrected chi connectivity index (χ4v) is 4.19. The molecular formula is C29H43ClN8O5. The lowest BCUT2D eigenvalue weighted by molar-refractivity contribution is 0.0500. The van der Waals surface area contributed by atoms with E-state index in [1.165, 1.54) is 0 Å². The number of amides is 2. The number of benzene rings is 1. The summed E-state index contributed by atoms with van der Waals surface area (Å²) in [4.78, 5) is 38.2. The van der Waals surface area contributed by atoms with E-state index in [1.807, 2.05) is 32.3 Å². The largest absolute Gasteiger partial charge is 0.444 e. The molecule has 1 aromatic carbocycles. The van der Waals surface area contributed by atoms with Crippen LogP contribution in [0.3, 0.4) is 0 Å². The molecule has 0 fully saturated rings. The summed E-state index contributed by atoms with van der Waals surface area (Å²) in [5, 5.41) is 21.9. The molecule has 0 aliphatic carbocycles. The molecule has 0 bridgehead atoms. The van der Waals surface area contributed by atoms with Crippen LogP contribution in [0.15, 0.2) is 24.5 Å². The average molecular weight is 619 g/mol. The van der Waals surface area contributed by atoms with E-state index in [4.69, 9.17) is 21.1 Å². The van der Waals surface area contributed by atoms with Gasteiger partial charge >= 0.3 is 6.09 Å². The van der Waals surface area contributed by atoms with Crippen molar-refractivity contribution in [3.63, 3.8) is 0 Å². The van der Waals surface area contributed by atoms with E-state index in [-0.39, 0.29) is 61.8 Å². The normalized spacial score (nSPS) is 12.4. The minimum Gasteiger partial charge on any atom is -0.444 e. The molecule has 2 aromatic heterocycles. The van der Waals surface area contributed by atoms with Crippen molar-refractivity contribution < 1.29 is 24.2 Å². The molecule has 0 saturated carbocycles. The summed E-state index contributed by atoms with van der Waals surface area (Å²) < 4.78 is 12.6. The highest BCUT2D eigenvalue weighted by molar-refractivity contribution is 6.34. The molecule has 43 heavy (non-hydrogen) atoms. The molecule has 1 atom stereocenters. The first kappa shape index (κ1) is 33.8. The highest BCUT2D eigenvalue weighted by Crippen LogP contribution is 2.29. The van der Waals surface area contributed by atoms with Gasteiger partial charge in [0.1, 0.15) is 5.60 Å². The number of alkyl carbamates (subject to hydrolysis) is 1. The number of carbonyl (C=O) groups excluding carboxylic acids is 2. The summed E-state index contributed by atoms with van der Waals surface area (Å²) in [6.07, 6.45) is 1.21. The Hall–Kier alpha value is -3.68. The lowest BCUT2D eigenvalue weighted by atomic mass is 10.1. The number of hydrogen-bond acceptors (Lipinski definition) is 10. The van der Waals surface area contributed by atoms with Gasteiger partial charge in [0.15, 0.2) is 17.0 Å². The van der Waals surface area contributed by atoms with Gasteiger partial charge in [-0.05, 0) is 58.7 Å². The summed E-state index contributed by atoms with van der Waals surface area (Å²) in [7, 11) is 0. The molecule has 14 heteroatoms. The second-order valence-corrected chi connectivity index (χ2v) is 12.0. The summed E-state index contributed by atoms with van der Waals surface area (Å²) in [5.41, 5.74) is 1.56. The zero-order valence-corrected chi connectivity index (χ0v) is 26.6. The topological polar surface area (TPSA) is 165 Å². The number of imidazole rings is 1. The van der Waals surface area contributed by atoms with E-state index < -0.39 is 11.7 Å². The summed E-state index contributed by atoms with van der Waals surface area (Å²) in [6.45, 7) is 14.5. The highest BCUT2D eigenvalue weighted by atomic mass is 35.5. The lowest BCUT2D eigenvalue weighted by Crippen LogP contribution is -2.34. The molecule has 0 spiro atoms. The number of nitrogens with zero attached hydrogens (tertiary/aromatic N) is 4. The molecule has 0 radical (unpaired) electrons. The van der Waals surface area contributed by atoms with Gasteiger partial charge in [0, 0.05) is 24.8 Å². The van der Waals surface area contributed by atoms with Crippen LogP contribution in [0.5, 0.6) is 0 Å². The maximum absolute atomic E-state index is 12.7. The molecule has 0 saturated heterocycles. The number of anilines is 3. The van der Waals surface area contributed by atoms with Gasteiger partial charge in [0.05, 0.1) is 42.8 Å². The Morgan fingerprint density at radius 1 is 1.07 bits per heavy atom. The number of ether oxygens (including phenoxy) is 2. The Bertz CT molecular complexity index is 1390. The molecule has 0 aliphatic rings. The molecule has 236 valence electrons. The van der Waals surface area contributed by atoms with Crippen LogP contribution in [-0.4, -0.2) is 81.2 Å². The molecule has 2 heterocycles. The second-order valence-electron chi connectivity index (χ2n) is 11.6. The Kier molecular flexibility index (Phi) is 11.9. The smallest absolute Gasteiger partial charge is 0.407 e. The Balaban J connectivity index is 1.62. The number of aromatic nitrogens is 4. The van der Waals surface area contributed by atoms with Crippen LogP contribution in [0, 0.1) is 5.92 Å². The molecular weight excluding hydrogens is 576 g/mol. The Morgan fingerprint density at radius 3 is 2.37 bits per heavy atom. The van der Waals surface area contributed by atoms with E-state index in [9.17, 15) is 14.7 Å². The average Bonchev–Trinajstić information content (AvgIpc) is 3.34. The van der Waals surface area contributed by atoms with Crippen molar-refractivity contribution in [3.8, 4) is 0 Å². The molecule has 3 aromatic rings. The molecule has 5 N–H and O–H groups in total. The highest BCUT2D eigenvalue weighted by Gasteiger charge is 2.20. The summed E-state index contributed by atoms with van der Waals surface area (Å²) >= 11 is 6.49. The van der Waals surface area contributed by atoms with E-state index in [0.29, 0.717) is 34.2 Å². The third kappa shape index (κ3) is 9.94. The van der Waals surface area contributed by atoms with Crippen LogP contribution in [-0.2, 0) is 9.47 Å². The second kappa shape index (κ2) is 15.2. The van der Waals surface area contributed by atoms with Gasteiger partial charge in [-0.2, -0.15) is 9.97 Å². The van der Waals surface area contributed by atoms with Crippen molar-refractivity contribution in [1.29, 1.82) is 0 Å². The maximum Gasteiger partial charge on any atom is 0.407 e. The monoisotopic (exact) mass is 618 g/mol. The van der Waals surface area contributed by atoms with Crippen molar-refractivity contribution in [2.45, 2.75) is 66.2 Å². The number of rotatable bonds is 14. The quantitative estimate of drug-likeness (QED) is 0.162. The SMILES string of the molecule is CC(C)[C@H](CO)Nc1nc(Nc2ccc(C(=O)NCCOCCNC(=O)OC(C)(C)C)c(Cl)c2)c2ncn(C(C)C)c2n1. The molecule has 0 unspecified atom stereocenters. The van der Waals surface area contributed by atoms with Gasteiger partial charge in [-0.25, -0.2) is 9.78 Å². The van der Waals surface area contributed by atoms with Gasteiger partial charge in [0.2, 0.25) is 5.95 Å². The van der Waals surface area contributed by atoms with E-state index in [2.05, 4.69) is 36.2 Å². The fraction of sp³-hybridized carbons (Fsp3) is 0.552. The maximum atomic E-state index is 12.7. The van der Waals surface area contributed by atoms with Gasteiger partial charge < -0.3 is 40.4 Å². The van der Waals surface area contributed by atoms with Crippen molar-refractivity contribution in [3.05, 3.63) is 35.1 Å². The third-order valence-corrected chi connectivity index (χ3v) is 6.53. The minimum atomic E-state index is -0.566. The van der Waals surface area contributed by atoms with Crippen molar-refractivity contribution >= 4 is 52.2 Å². The van der Waals surface area contributed by atoms with Crippen LogP contribution in [0.1, 0.15) is 64.9 Å². The number of fused-ring (bicyclic) bond motifs is 1. The lowest BCUT2D eigenvalue weighted by Gasteiger charge is -2.20. The predicted molar refractivity (Wildman–Crippen MR) is 167 cm³/mol. The standard InChI is InChI=1S/C29H43ClN8O5/c1-17(2)22(15-39)35-27-36-24(23-25(37-27)38(16-33-23)18(3)4)34-19-8-9-20(21(30)14-19)26(40)31-10-12-42-13-11-32-28(41)43-29(5,6)7/h8-9,14,16-18,22,39H,10-13,15H2,1-7H3,(H,31,40)(H,32,41)(H2,34,35,36,37)/t22-/m0/s1. The van der Waals surface area contributed by atoms with Crippen LogP contribution >= 0.6 is 11.6 Å². The number of nitrogens with one attached hydrogen (secondary N) is 4. The zero-order chi connectivity index (χ0) is 31.7. The summed E-state index contributed by atoms with van der Waals surface area (Å²) in [6, 6.07) is 4.87. The first-order valence-corrected chi connectivity index (χ1v) is 14.7. The number of halogens is 1. The molecule has 0 aliphatic heterocycles. The van der Waals surface area contributed by atoms with E-state index >= 15 is 0 Å². The third-order valence-electron chi connectivity index (χ3n) is 6.22. The summed E-state index contributed by atoms with van der Waals surface area (Å²) in [5.74, 6) is 0.622. The first-order valence-electron chi connectivity index (χ1n) is 14.3. The van der Waals surface area contributed by atoms with Crippen LogP contribution < -0.4 is 21.3 Å². The van der Waals surface area contributed by atoms with Crippen LogP contribution in [0.2, 0.25) is 5.02 Å². The van der Waals surface area contributed by atoms with Gasteiger partial charge in [-0.15, -0.1) is 0 Å². The molecule has 3 rings (SSSR count).